The molecule has 0 heterocycles. The maximum Gasteiger partial charge on any atom is 0.133 e. The van der Waals surface area contributed by atoms with E-state index in [9.17, 15) is 4.79 Å². The lowest BCUT2D eigenvalue weighted by Crippen LogP contribution is -2.07. The van der Waals surface area contributed by atoms with Crippen molar-refractivity contribution in [3.05, 3.63) is 29.8 Å². The Morgan fingerprint density at radius 2 is 1.94 bits per heavy atom. The maximum atomic E-state index is 11.5. The second-order valence-electron chi connectivity index (χ2n) is 4.47. The molecule has 2 nitrogen and oxygen atoms in total. The molecule has 0 aromatic heterocycles. The Morgan fingerprint density at radius 1 is 1.31 bits per heavy atom. The highest BCUT2D eigenvalue weighted by Crippen LogP contribution is 2.16. The molecule has 1 N–H and O–H groups in total. The number of Topliss-reactive ketones (excluding diaryl/α,β-unsaturated/α-hetero) is 1. The summed E-state index contributed by atoms with van der Waals surface area (Å²) in [5.41, 5.74) is 1.18. The molecule has 88 valence electrons. The first-order chi connectivity index (χ1) is 7.61. The van der Waals surface area contributed by atoms with Gasteiger partial charge in [0.05, 0.1) is 0 Å². The van der Waals surface area contributed by atoms with Crippen LogP contribution in [0.4, 0.5) is 0 Å². The number of phenolic OH excluding ortho intramolecular Hbond substituents is 1. The van der Waals surface area contributed by atoms with Gasteiger partial charge in [-0.15, -0.1) is 0 Å². The van der Waals surface area contributed by atoms with Crippen molar-refractivity contribution in [1.29, 1.82) is 0 Å². The predicted molar refractivity (Wildman–Crippen MR) is 65.5 cm³/mol. The molecule has 0 fully saturated rings. The summed E-state index contributed by atoms with van der Waals surface area (Å²) in [7, 11) is 0. The molecule has 1 unspecified atom stereocenters. The van der Waals surface area contributed by atoms with Crippen molar-refractivity contribution in [2.75, 3.05) is 0 Å². The monoisotopic (exact) mass is 220 g/mol. The van der Waals surface area contributed by atoms with Gasteiger partial charge in [-0.2, -0.15) is 0 Å². The molecule has 0 spiro atoms. The molecular weight excluding hydrogens is 200 g/mol. The molecule has 0 aliphatic heterocycles. The van der Waals surface area contributed by atoms with Gasteiger partial charge < -0.3 is 5.11 Å². The number of hydrogen-bond acceptors (Lipinski definition) is 2. The molecule has 0 aliphatic rings. The standard InChI is InChI=1S/C14H20O2/c1-3-4-14(16)10-11(2)9-12-5-7-13(15)8-6-12/h5-8,11,15H,3-4,9-10H2,1-2H3. The minimum Gasteiger partial charge on any atom is -0.508 e. The van der Waals surface area contributed by atoms with Crippen LogP contribution in [-0.2, 0) is 11.2 Å². The Kier molecular flexibility index (Phi) is 5.03. The fourth-order valence-corrected chi connectivity index (χ4v) is 1.88. The van der Waals surface area contributed by atoms with Gasteiger partial charge in [-0.3, -0.25) is 4.79 Å². The van der Waals surface area contributed by atoms with Crippen LogP contribution in [0.5, 0.6) is 5.75 Å². The number of benzene rings is 1. The van der Waals surface area contributed by atoms with Gasteiger partial charge in [0.15, 0.2) is 0 Å². The third-order valence-electron chi connectivity index (χ3n) is 2.63. The normalized spacial score (nSPS) is 12.4. The molecule has 1 rings (SSSR count). The fourth-order valence-electron chi connectivity index (χ4n) is 1.88. The van der Waals surface area contributed by atoms with Gasteiger partial charge in [-0.1, -0.05) is 26.0 Å². The SMILES string of the molecule is CCCC(=O)CC(C)Cc1ccc(O)cc1. The zero-order valence-electron chi connectivity index (χ0n) is 10.1. The van der Waals surface area contributed by atoms with Crippen molar-refractivity contribution in [2.24, 2.45) is 5.92 Å². The number of phenols is 1. The van der Waals surface area contributed by atoms with E-state index in [0.29, 0.717) is 30.3 Å². The summed E-state index contributed by atoms with van der Waals surface area (Å²) in [6, 6.07) is 7.21. The Labute approximate surface area is 97.3 Å². The van der Waals surface area contributed by atoms with Gasteiger partial charge in [0.2, 0.25) is 0 Å². The smallest absolute Gasteiger partial charge is 0.133 e. The van der Waals surface area contributed by atoms with Crippen LogP contribution in [0.1, 0.15) is 38.7 Å². The third kappa shape index (κ3) is 4.47. The summed E-state index contributed by atoms with van der Waals surface area (Å²) in [5, 5.41) is 9.15. The van der Waals surface area contributed by atoms with Crippen LogP contribution >= 0.6 is 0 Å². The predicted octanol–water partition coefficient (Wildman–Crippen LogP) is 3.33. The van der Waals surface area contributed by atoms with Crippen molar-refractivity contribution in [1.82, 2.24) is 0 Å². The molecule has 1 aromatic carbocycles. The Morgan fingerprint density at radius 3 is 2.50 bits per heavy atom. The Balaban J connectivity index is 2.42. The minimum atomic E-state index is 0.290. The molecule has 0 bridgehead atoms. The first kappa shape index (κ1) is 12.8. The molecule has 0 saturated carbocycles. The van der Waals surface area contributed by atoms with E-state index >= 15 is 0 Å². The summed E-state index contributed by atoms with van der Waals surface area (Å²) >= 11 is 0. The topological polar surface area (TPSA) is 37.3 Å². The van der Waals surface area contributed by atoms with Gasteiger partial charge >= 0.3 is 0 Å². The average molecular weight is 220 g/mol. The first-order valence-corrected chi connectivity index (χ1v) is 5.91. The molecule has 2 heteroatoms. The van der Waals surface area contributed by atoms with E-state index in [0.717, 1.165) is 12.8 Å². The van der Waals surface area contributed by atoms with E-state index in [1.807, 2.05) is 19.1 Å². The number of ketones is 1. The van der Waals surface area contributed by atoms with Gasteiger partial charge in [0, 0.05) is 12.8 Å². The third-order valence-corrected chi connectivity index (χ3v) is 2.63. The zero-order valence-corrected chi connectivity index (χ0v) is 10.1. The molecule has 0 aliphatic carbocycles. The van der Waals surface area contributed by atoms with Crippen molar-refractivity contribution in [2.45, 2.75) is 39.5 Å². The van der Waals surface area contributed by atoms with E-state index < -0.39 is 0 Å². The second kappa shape index (κ2) is 6.31. The highest BCUT2D eigenvalue weighted by atomic mass is 16.3. The molecule has 0 amide bonds. The summed E-state index contributed by atoms with van der Waals surface area (Å²) in [6.07, 6.45) is 3.19. The summed E-state index contributed by atoms with van der Waals surface area (Å²) in [4.78, 5) is 11.5. The van der Waals surface area contributed by atoms with Crippen LogP contribution in [0, 0.1) is 5.92 Å². The maximum absolute atomic E-state index is 11.5. The minimum absolute atomic E-state index is 0.290. The number of carbonyl (C=O) groups is 1. The lowest BCUT2D eigenvalue weighted by molar-refractivity contribution is -0.119. The average Bonchev–Trinajstić information content (AvgIpc) is 2.21. The molecule has 0 radical (unpaired) electrons. The largest absolute Gasteiger partial charge is 0.508 e. The van der Waals surface area contributed by atoms with E-state index in [1.54, 1.807) is 12.1 Å². The summed E-state index contributed by atoms with van der Waals surface area (Å²) in [6.45, 7) is 4.13. The molecular formula is C14H20O2. The van der Waals surface area contributed by atoms with Crippen LogP contribution in [0.25, 0.3) is 0 Å². The summed E-state index contributed by atoms with van der Waals surface area (Å²) < 4.78 is 0. The number of hydrogen-bond donors (Lipinski definition) is 1. The Hall–Kier alpha value is -1.31. The van der Waals surface area contributed by atoms with Crippen molar-refractivity contribution < 1.29 is 9.90 Å². The lowest BCUT2D eigenvalue weighted by Gasteiger charge is -2.10. The van der Waals surface area contributed by atoms with E-state index in [1.165, 1.54) is 5.56 Å². The van der Waals surface area contributed by atoms with Crippen molar-refractivity contribution in [3.8, 4) is 5.75 Å². The first-order valence-electron chi connectivity index (χ1n) is 5.91. The van der Waals surface area contributed by atoms with Crippen LogP contribution in [0.2, 0.25) is 0 Å². The highest BCUT2D eigenvalue weighted by molar-refractivity contribution is 5.78. The van der Waals surface area contributed by atoms with Gasteiger partial charge in [0.1, 0.15) is 11.5 Å². The molecule has 16 heavy (non-hydrogen) atoms. The van der Waals surface area contributed by atoms with Crippen molar-refractivity contribution in [3.63, 3.8) is 0 Å². The summed E-state index contributed by atoms with van der Waals surface area (Å²) in [5.74, 6) is 1.02. The highest BCUT2D eigenvalue weighted by Gasteiger charge is 2.09. The van der Waals surface area contributed by atoms with Crippen LogP contribution in [-0.4, -0.2) is 10.9 Å². The second-order valence-corrected chi connectivity index (χ2v) is 4.47. The van der Waals surface area contributed by atoms with Gasteiger partial charge in [-0.25, -0.2) is 0 Å². The van der Waals surface area contributed by atoms with E-state index in [-0.39, 0.29) is 0 Å². The zero-order chi connectivity index (χ0) is 12.0. The van der Waals surface area contributed by atoms with Gasteiger partial charge in [-0.05, 0) is 36.5 Å². The fraction of sp³-hybridized carbons (Fsp3) is 0.500. The van der Waals surface area contributed by atoms with E-state index in [4.69, 9.17) is 5.11 Å². The number of rotatable bonds is 6. The van der Waals surface area contributed by atoms with Crippen LogP contribution < -0.4 is 0 Å². The lowest BCUT2D eigenvalue weighted by atomic mass is 9.95. The molecule has 1 aromatic rings. The quantitative estimate of drug-likeness (QED) is 0.798. The van der Waals surface area contributed by atoms with Crippen molar-refractivity contribution >= 4 is 5.78 Å². The molecule has 1 atom stereocenters. The number of carbonyl (C=O) groups excluding carboxylic acids is 1. The van der Waals surface area contributed by atoms with Crippen LogP contribution in [0.3, 0.4) is 0 Å². The molecule has 0 saturated heterocycles. The Bertz CT molecular complexity index is 327. The van der Waals surface area contributed by atoms with E-state index in [2.05, 4.69) is 6.92 Å². The van der Waals surface area contributed by atoms with Gasteiger partial charge in [0.25, 0.3) is 0 Å². The number of aromatic hydroxyl groups is 1. The van der Waals surface area contributed by atoms with Crippen LogP contribution in [0.15, 0.2) is 24.3 Å².